The summed E-state index contributed by atoms with van der Waals surface area (Å²) in [6, 6.07) is 4.70. The molecular formula is C13H18N2O4. The van der Waals surface area contributed by atoms with Crippen molar-refractivity contribution in [1.82, 2.24) is 0 Å². The molecule has 0 atom stereocenters. The van der Waals surface area contributed by atoms with E-state index in [1.54, 1.807) is 19.1 Å². The molecule has 6 nitrogen and oxygen atoms in total. The van der Waals surface area contributed by atoms with Crippen molar-refractivity contribution in [3.05, 3.63) is 23.8 Å². The predicted molar refractivity (Wildman–Crippen MR) is 71.3 cm³/mol. The van der Waals surface area contributed by atoms with Gasteiger partial charge in [-0.15, -0.1) is 0 Å². The Labute approximate surface area is 111 Å². The SMILES string of the molecule is CCOC(=O)c1ccc(OC)c(NC(=O)CCN)c1. The summed E-state index contributed by atoms with van der Waals surface area (Å²) in [5, 5.41) is 2.65. The van der Waals surface area contributed by atoms with Gasteiger partial charge in [-0.1, -0.05) is 0 Å². The molecule has 3 N–H and O–H groups in total. The number of methoxy groups -OCH3 is 1. The minimum atomic E-state index is -0.445. The second kappa shape index (κ2) is 7.38. The molecule has 0 saturated carbocycles. The van der Waals surface area contributed by atoms with Crippen LogP contribution in [0.2, 0.25) is 0 Å². The van der Waals surface area contributed by atoms with E-state index in [-0.39, 0.29) is 18.9 Å². The Hall–Kier alpha value is -2.08. The largest absolute Gasteiger partial charge is 0.495 e. The van der Waals surface area contributed by atoms with Gasteiger partial charge in [0.25, 0.3) is 0 Å². The lowest BCUT2D eigenvalue weighted by Gasteiger charge is -2.11. The van der Waals surface area contributed by atoms with E-state index in [2.05, 4.69) is 5.32 Å². The smallest absolute Gasteiger partial charge is 0.338 e. The first-order valence-electron chi connectivity index (χ1n) is 5.97. The van der Waals surface area contributed by atoms with Gasteiger partial charge in [-0.25, -0.2) is 4.79 Å². The van der Waals surface area contributed by atoms with Gasteiger partial charge in [0.2, 0.25) is 5.91 Å². The number of hydrogen-bond donors (Lipinski definition) is 2. The van der Waals surface area contributed by atoms with E-state index in [0.29, 0.717) is 23.6 Å². The Balaban J connectivity index is 2.95. The summed E-state index contributed by atoms with van der Waals surface area (Å²) >= 11 is 0. The van der Waals surface area contributed by atoms with E-state index in [1.165, 1.54) is 13.2 Å². The first-order chi connectivity index (χ1) is 9.12. The van der Waals surface area contributed by atoms with Gasteiger partial charge in [-0.05, 0) is 25.1 Å². The highest BCUT2D eigenvalue weighted by Gasteiger charge is 2.12. The lowest BCUT2D eigenvalue weighted by Crippen LogP contribution is -2.17. The fraction of sp³-hybridized carbons (Fsp3) is 0.385. The van der Waals surface area contributed by atoms with Gasteiger partial charge in [0.15, 0.2) is 0 Å². The minimum absolute atomic E-state index is 0.201. The Morgan fingerprint density at radius 2 is 2.11 bits per heavy atom. The molecule has 1 aromatic rings. The maximum Gasteiger partial charge on any atom is 0.338 e. The van der Waals surface area contributed by atoms with E-state index in [9.17, 15) is 9.59 Å². The quantitative estimate of drug-likeness (QED) is 0.754. The van der Waals surface area contributed by atoms with Gasteiger partial charge in [0, 0.05) is 13.0 Å². The maximum absolute atomic E-state index is 11.6. The van der Waals surface area contributed by atoms with E-state index < -0.39 is 5.97 Å². The molecule has 0 radical (unpaired) electrons. The van der Waals surface area contributed by atoms with Crippen molar-refractivity contribution < 1.29 is 19.1 Å². The monoisotopic (exact) mass is 266 g/mol. The van der Waals surface area contributed by atoms with Crippen LogP contribution < -0.4 is 15.8 Å². The molecule has 104 valence electrons. The van der Waals surface area contributed by atoms with Crippen molar-refractivity contribution in [2.75, 3.05) is 25.6 Å². The molecule has 0 aliphatic rings. The van der Waals surface area contributed by atoms with Crippen molar-refractivity contribution in [2.24, 2.45) is 5.73 Å². The number of anilines is 1. The summed E-state index contributed by atoms with van der Waals surface area (Å²) < 4.78 is 10.0. The zero-order valence-corrected chi connectivity index (χ0v) is 11.1. The van der Waals surface area contributed by atoms with Crippen molar-refractivity contribution in [3.8, 4) is 5.75 Å². The molecule has 0 saturated heterocycles. The molecule has 0 aromatic heterocycles. The Kier molecular flexibility index (Phi) is 5.81. The summed E-state index contributed by atoms with van der Waals surface area (Å²) in [5.41, 5.74) is 6.08. The molecule has 6 heteroatoms. The minimum Gasteiger partial charge on any atom is -0.495 e. The van der Waals surface area contributed by atoms with E-state index in [1.807, 2.05) is 0 Å². The summed E-state index contributed by atoms with van der Waals surface area (Å²) in [4.78, 5) is 23.1. The number of rotatable bonds is 6. The topological polar surface area (TPSA) is 90.6 Å². The highest BCUT2D eigenvalue weighted by Crippen LogP contribution is 2.26. The molecule has 0 heterocycles. The van der Waals surface area contributed by atoms with Crippen LogP contribution in [-0.2, 0) is 9.53 Å². The molecule has 0 spiro atoms. The van der Waals surface area contributed by atoms with Crippen LogP contribution in [0.1, 0.15) is 23.7 Å². The lowest BCUT2D eigenvalue weighted by atomic mass is 10.2. The first-order valence-corrected chi connectivity index (χ1v) is 5.97. The van der Waals surface area contributed by atoms with Crippen molar-refractivity contribution in [1.29, 1.82) is 0 Å². The van der Waals surface area contributed by atoms with Gasteiger partial charge in [-0.2, -0.15) is 0 Å². The molecule has 0 bridgehead atoms. The third kappa shape index (κ3) is 4.26. The summed E-state index contributed by atoms with van der Waals surface area (Å²) in [6.07, 6.45) is 0.201. The van der Waals surface area contributed by atoms with Crippen molar-refractivity contribution in [2.45, 2.75) is 13.3 Å². The maximum atomic E-state index is 11.6. The number of ether oxygens (including phenoxy) is 2. The van der Waals surface area contributed by atoms with Crippen LogP contribution in [0.5, 0.6) is 5.75 Å². The number of carbonyl (C=O) groups excluding carboxylic acids is 2. The van der Waals surface area contributed by atoms with Crippen LogP contribution in [0.3, 0.4) is 0 Å². The molecule has 1 amide bonds. The van der Waals surface area contributed by atoms with E-state index in [0.717, 1.165) is 0 Å². The molecule has 19 heavy (non-hydrogen) atoms. The molecule has 0 unspecified atom stereocenters. The van der Waals surface area contributed by atoms with Crippen molar-refractivity contribution >= 4 is 17.6 Å². The number of nitrogens with two attached hydrogens (primary N) is 1. The lowest BCUT2D eigenvalue weighted by molar-refractivity contribution is -0.116. The normalized spacial score (nSPS) is 9.84. The second-order valence-corrected chi connectivity index (χ2v) is 3.72. The zero-order chi connectivity index (χ0) is 14.3. The third-order valence-electron chi connectivity index (χ3n) is 2.36. The fourth-order valence-electron chi connectivity index (χ4n) is 1.49. The molecular weight excluding hydrogens is 248 g/mol. The zero-order valence-electron chi connectivity index (χ0n) is 11.1. The standard InChI is InChI=1S/C13H18N2O4/c1-3-19-13(17)9-4-5-11(18-2)10(8-9)15-12(16)6-7-14/h4-5,8H,3,6-7,14H2,1-2H3,(H,15,16). The Morgan fingerprint density at radius 1 is 1.37 bits per heavy atom. The number of nitrogens with one attached hydrogen (secondary N) is 1. The number of benzene rings is 1. The number of esters is 1. The summed E-state index contributed by atoms with van der Waals surface area (Å²) in [6.45, 7) is 2.27. The van der Waals surface area contributed by atoms with Gasteiger partial charge in [0.05, 0.1) is 25.0 Å². The van der Waals surface area contributed by atoms with E-state index in [4.69, 9.17) is 15.2 Å². The summed E-state index contributed by atoms with van der Waals surface area (Å²) in [5.74, 6) is -0.209. The Bertz CT molecular complexity index is 460. The highest BCUT2D eigenvalue weighted by molar-refractivity contribution is 5.96. The average molecular weight is 266 g/mol. The van der Waals surface area contributed by atoms with Crippen LogP contribution in [0, 0.1) is 0 Å². The van der Waals surface area contributed by atoms with Crippen LogP contribution in [-0.4, -0.2) is 32.1 Å². The number of hydrogen-bond acceptors (Lipinski definition) is 5. The molecule has 1 aromatic carbocycles. The number of carbonyl (C=O) groups is 2. The predicted octanol–water partition coefficient (Wildman–Crippen LogP) is 1.16. The van der Waals surface area contributed by atoms with Crippen LogP contribution in [0.4, 0.5) is 5.69 Å². The molecule has 0 aliphatic heterocycles. The molecule has 0 fully saturated rings. The van der Waals surface area contributed by atoms with Crippen LogP contribution >= 0.6 is 0 Å². The molecule has 1 rings (SSSR count). The molecule has 0 aliphatic carbocycles. The Morgan fingerprint density at radius 3 is 2.68 bits per heavy atom. The second-order valence-electron chi connectivity index (χ2n) is 3.72. The highest BCUT2D eigenvalue weighted by atomic mass is 16.5. The third-order valence-corrected chi connectivity index (χ3v) is 2.36. The fourth-order valence-corrected chi connectivity index (χ4v) is 1.49. The van der Waals surface area contributed by atoms with Crippen LogP contribution in [0.25, 0.3) is 0 Å². The van der Waals surface area contributed by atoms with Crippen LogP contribution in [0.15, 0.2) is 18.2 Å². The van der Waals surface area contributed by atoms with Gasteiger partial charge in [-0.3, -0.25) is 4.79 Å². The number of amides is 1. The average Bonchev–Trinajstić information content (AvgIpc) is 2.39. The summed E-state index contributed by atoms with van der Waals surface area (Å²) in [7, 11) is 1.48. The first kappa shape index (κ1) is 15.0. The van der Waals surface area contributed by atoms with Gasteiger partial charge >= 0.3 is 5.97 Å². The van der Waals surface area contributed by atoms with Gasteiger partial charge in [0.1, 0.15) is 5.75 Å². The van der Waals surface area contributed by atoms with Crippen molar-refractivity contribution in [3.63, 3.8) is 0 Å². The van der Waals surface area contributed by atoms with E-state index >= 15 is 0 Å². The van der Waals surface area contributed by atoms with Gasteiger partial charge < -0.3 is 20.5 Å².